The molecule has 52 valence electrons. The number of amides is 1. The molecule has 9 heavy (non-hydrogen) atoms. The Hall–Kier alpha value is -1.13. The van der Waals surface area contributed by atoms with Crippen molar-refractivity contribution >= 4 is 5.91 Å². The van der Waals surface area contributed by atoms with Crippen LogP contribution in [-0.2, 0) is 4.79 Å². The number of hydrogen-bond acceptors (Lipinski definition) is 3. The maximum absolute atomic E-state index is 10.3. The van der Waals surface area contributed by atoms with Crippen LogP contribution < -0.4 is 5.43 Å². The highest BCUT2D eigenvalue weighted by Gasteiger charge is 2.03. The molecule has 0 aliphatic heterocycles. The molecule has 0 heterocycles. The van der Waals surface area contributed by atoms with Crippen LogP contribution in [0, 0.1) is 10.1 Å². The molecule has 0 aromatic rings. The second kappa shape index (κ2) is 3.82. The quantitative estimate of drug-likeness (QED) is 0.437. The zero-order valence-corrected chi connectivity index (χ0v) is 5.09. The van der Waals surface area contributed by atoms with Gasteiger partial charge in [-0.25, -0.2) is 10.1 Å². The fourth-order valence-corrected chi connectivity index (χ4v) is 0.385. The highest BCUT2D eigenvalue weighted by molar-refractivity contribution is 5.74. The molecule has 5 heteroatoms. The number of carbonyl (C=O) groups excluding carboxylic acids is 1. The Morgan fingerprint density at radius 1 is 1.78 bits per heavy atom. The maximum Gasteiger partial charge on any atom is 0.280 e. The molecule has 0 spiro atoms. The third kappa shape index (κ3) is 4.73. The van der Waals surface area contributed by atoms with Gasteiger partial charge in [0.25, 0.3) is 5.91 Å². The van der Waals surface area contributed by atoms with Crippen molar-refractivity contribution in [3.63, 3.8) is 0 Å². The number of rotatable bonds is 3. The van der Waals surface area contributed by atoms with Crippen LogP contribution in [0.25, 0.3) is 0 Å². The smallest absolute Gasteiger partial charge is 0.269 e. The second-order valence-electron chi connectivity index (χ2n) is 1.54. The van der Waals surface area contributed by atoms with Crippen molar-refractivity contribution in [1.82, 2.24) is 5.43 Å². The van der Waals surface area contributed by atoms with Crippen LogP contribution in [0.15, 0.2) is 0 Å². The average Bonchev–Trinajstić information content (AvgIpc) is 1.63. The van der Waals surface area contributed by atoms with Crippen LogP contribution in [0.5, 0.6) is 0 Å². The molecule has 0 atom stereocenters. The van der Waals surface area contributed by atoms with Crippen LogP contribution in [0.3, 0.4) is 0 Å². The van der Waals surface area contributed by atoms with Crippen molar-refractivity contribution in [1.29, 1.82) is 0 Å². The zero-order chi connectivity index (χ0) is 7.28. The lowest BCUT2D eigenvalue weighted by atomic mass is 10.3. The summed E-state index contributed by atoms with van der Waals surface area (Å²) >= 11 is 0. The summed E-state index contributed by atoms with van der Waals surface area (Å²) in [6, 6.07) is 0. The van der Waals surface area contributed by atoms with E-state index in [1.807, 2.05) is 0 Å². The molecular weight excluding hydrogens is 124 g/mol. The molecule has 0 fully saturated rings. The van der Waals surface area contributed by atoms with Crippen molar-refractivity contribution in [3.05, 3.63) is 10.1 Å². The summed E-state index contributed by atoms with van der Waals surface area (Å²) in [6.45, 7) is 1.78. The lowest BCUT2D eigenvalue weighted by Gasteiger charge is -1.90. The van der Waals surface area contributed by atoms with Gasteiger partial charge < -0.3 is 0 Å². The van der Waals surface area contributed by atoms with E-state index in [1.54, 1.807) is 6.92 Å². The van der Waals surface area contributed by atoms with Gasteiger partial charge in [-0.2, -0.15) is 0 Å². The fraction of sp³-hybridized carbons (Fsp3) is 0.750. The van der Waals surface area contributed by atoms with Crippen LogP contribution >= 0.6 is 0 Å². The van der Waals surface area contributed by atoms with Gasteiger partial charge in [-0.15, -0.1) is 0 Å². The number of hydrazine groups is 1. The predicted octanol–water partition coefficient (Wildman–Crippen LogP) is 0.0944. The maximum atomic E-state index is 10.3. The summed E-state index contributed by atoms with van der Waals surface area (Å²) in [7, 11) is 0. The third-order valence-corrected chi connectivity index (χ3v) is 0.693. The molecule has 0 aromatic heterocycles. The zero-order valence-electron chi connectivity index (χ0n) is 5.09. The van der Waals surface area contributed by atoms with Crippen molar-refractivity contribution in [3.8, 4) is 0 Å². The highest BCUT2D eigenvalue weighted by atomic mass is 16.7. The molecule has 0 bridgehead atoms. The van der Waals surface area contributed by atoms with Gasteiger partial charge >= 0.3 is 0 Å². The van der Waals surface area contributed by atoms with Gasteiger partial charge in [0.2, 0.25) is 0 Å². The summed E-state index contributed by atoms with van der Waals surface area (Å²) in [5, 5.41) is 8.71. The lowest BCUT2D eigenvalue weighted by Crippen LogP contribution is -2.28. The first-order valence-corrected chi connectivity index (χ1v) is 2.60. The number of nitrogens with zero attached hydrogens (tertiary/aromatic N) is 1. The molecule has 0 saturated carbocycles. The van der Waals surface area contributed by atoms with Crippen LogP contribution in [0.2, 0.25) is 0 Å². The Bertz CT molecular complexity index is 123. The van der Waals surface area contributed by atoms with E-state index in [0.717, 1.165) is 0 Å². The molecule has 1 N–H and O–H groups in total. The molecular formula is C4H8N2O3. The molecule has 0 saturated heterocycles. The van der Waals surface area contributed by atoms with Gasteiger partial charge in [0.1, 0.15) is 0 Å². The molecule has 1 amide bonds. The number of nitro groups is 1. The van der Waals surface area contributed by atoms with Crippen molar-refractivity contribution in [2.45, 2.75) is 19.8 Å². The largest absolute Gasteiger partial charge is 0.280 e. The van der Waals surface area contributed by atoms with Gasteiger partial charge in [-0.1, -0.05) is 12.3 Å². The second-order valence-corrected chi connectivity index (χ2v) is 1.54. The minimum Gasteiger partial charge on any atom is -0.269 e. The monoisotopic (exact) mass is 132 g/mol. The number of carbonyl (C=O) groups is 1. The molecule has 0 radical (unpaired) electrons. The Morgan fingerprint density at radius 2 is 2.33 bits per heavy atom. The highest BCUT2D eigenvalue weighted by Crippen LogP contribution is 1.83. The Labute approximate surface area is 52.2 Å². The first-order chi connectivity index (χ1) is 4.16. The van der Waals surface area contributed by atoms with E-state index in [2.05, 4.69) is 0 Å². The minimum absolute atomic E-state index is 0.209. The molecule has 5 nitrogen and oxygen atoms in total. The summed E-state index contributed by atoms with van der Waals surface area (Å²) in [6.07, 6.45) is 0.834. The van der Waals surface area contributed by atoms with E-state index >= 15 is 0 Å². The van der Waals surface area contributed by atoms with E-state index in [9.17, 15) is 14.9 Å². The Morgan fingerprint density at radius 3 is 2.67 bits per heavy atom. The third-order valence-electron chi connectivity index (χ3n) is 0.693. The van der Waals surface area contributed by atoms with E-state index in [-0.39, 0.29) is 6.42 Å². The van der Waals surface area contributed by atoms with Gasteiger partial charge in [0.05, 0.1) is 0 Å². The predicted molar refractivity (Wildman–Crippen MR) is 30.0 cm³/mol. The SMILES string of the molecule is CCCC(=O)N[N+](=O)[O-]. The van der Waals surface area contributed by atoms with Crippen LogP contribution in [-0.4, -0.2) is 10.9 Å². The molecule has 0 aliphatic rings. The summed E-state index contributed by atoms with van der Waals surface area (Å²) < 4.78 is 0. The summed E-state index contributed by atoms with van der Waals surface area (Å²) in [4.78, 5) is 19.9. The molecule has 0 aromatic carbocycles. The lowest BCUT2D eigenvalue weighted by molar-refractivity contribution is -0.530. The number of nitrogens with one attached hydrogen (secondary N) is 1. The first-order valence-electron chi connectivity index (χ1n) is 2.60. The van der Waals surface area contributed by atoms with Gasteiger partial charge in [0.15, 0.2) is 5.03 Å². The molecule has 0 unspecified atom stereocenters. The Kier molecular flexibility index (Phi) is 3.34. The van der Waals surface area contributed by atoms with Gasteiger partial charge in [0, 0.05) is 6.42 Å². The van der Waals surface area contributed by atoms with Crippen molar-refractivity contribution in [2.24, 2.45) is 0 Å². The molecule has 0 aliphatic carbocycles. The standard InChI is InChI=1S/C4H8N2O3/c1-2-3-4(7)5-6(8)9/h2-3H2,1H3,(H,5,7). The van der Waals surface area contributed by atoms with E-state index < -0.39 is 10.9 Å². The first kappa shape index (κ1) is 7.87. The van der Waals surface area contributed by atoms with E-state index in [4.69, 9.17) is 0 Å². The minimum atomic E-state index is -0.849. The van der Waals surface area contributed by atoms with Gasteiger partial charge in [-0.3, -0.25) is 4.79 Å². The number of hydrogen-bond donors (Lipinski definition) is 1. The summed E-state index contributed by atoms with van der Waals surface area (Å²) in [5.41, 5.74) is 1.53. The van der Waals surface area contributed by atoms with Crippen LogP contribution in [0.1, 0.15) is 19.8 Å². The van der Waals surface area contributed by atoms with E-state index in [0.29, 0.717) is 6.42 Å². The van der Waals surface area contributed by atoms with Gasteiger partial charge in [-0.05, 0) is 6.42 Å². The van der Waals surface area contributed by atoms with Crippen molar-refractivity contribution in [2.75, 3.05) is 0 Å². The molecule has 0 rings (SSSR count). The van der Waals surface area contributed by atoms with Crippen LogP contribution in [0.4, 0.5) is 0 Å². The normalized spacial score (nSPS) is 8.56. The summed E-state index contributed by atoms with van der Waals surface area (Å²) in [5.74, 6) is -0.539. The Balaban J connectivity index is 3.39. The van der Waals surface area contributed by atoms with E-state index in [1.165, 1.54) is 5.43 Å². The van der Waals surface area contributed by atoms with Crippen molar-refractivity contribution < 1.29 is 9.83 Å². The average molecular weight is 132 g/mol. The fourth-order valence-electron chi connectivity index (χ4n) is 0.385. The topological polar surface area (TPSA) is 72.2 Å².